The maximum absolute atomic E-state index is 5.75. The van der Waals surface area contributed by atoms with Gasteiger partial charge in [-0.25, -0.2) is 4.98 Å². The molecular weight excluding hydrogens is 194 g/mol. The van der Waals surface area contributed by atoms with Gasteiger partial charge in [-0.2, -0.15) is 0 Å². The quantitative estimate of drug-likeness (QED) is 0.840. The predicted octanol–water partition coefficient (Wildman–Crippen LogP) is 1.98. The highest BCUT2D eigenvalue weighted by molar-refractivity contribution is 7.15. The van der Waals surface area contributed by atoms with Crippen LogP contribution in [0.5, 0.6) is 0 Å². The van der Waals surface area contributed by atoms with Gasteiger partial charge in [0.25, 0.3) is 0 Å². The van der Waals surface area contributed by atoms with E-state index in [9.17, 15) is 0 Å². The van der Waals surface area contributed by atoms with Gasteiger partial charge in [0, 0.05) is 23.3 Å². The molecule has 4 heteroatoms. The molecule has 0 fully saturated rings. The van der Waals surface area contributed by atoms with E-state index in [1.807, 2.05) is 6.92 Å². The van der Waals surface area contributed by atoms with Crippen molar-refractivity contribution in [1.82, 2.24) is 9.38 Å². The maximum Gasteiger partial charge on any atom is 0.194 e. The number of nitrogens with two attached hydrogens (primary N) is 1. The maximum atomic E-state index is 5.75. The van der Waals surface area contributed by atoms with Gasteiger partial charge >= 0.3 is 0 Å². The highest BCUT2D eigenvalue weighted by Gasteiger charge is 2.09. The molecule has 0 saturated carbocycles. The van der Waals surface area contributed by atoms with Gasteiger partial charge in [-0.05, 0) is 26.7 Å². The predicted molar refractivity (Wildman–Crippen MR) is 59.8 cm³/mol. The van der Waals surface area contributed by atoms with Crippen molar-refractivity contribution < 1.29 is 0 Å². The normalized spacial score (nSPS) is 13.6. The second kappa shape index (κ2) is 3.71. The first kappa shape index (κ1) is 9.68. The Morgan fingerprint density at radius 1 is 1.64 bits per heavy atom. The molecule has 2 rings (SSSR count). The summed E-state index contributed by atoms with van der Waals surface area (Å²) >= 11 is 1.68. The Balaban J connectivity index is 2.29. The summed E-state index contributed by atoms with van der Waals surface area (Å²) in [6, 6.07) is 0.263. The van der Waals surface area contributed by atoms with Crippen molar-refractivity contribution in [2.75, 3.05) is 0 Å². The highest BCUT2D eigenvalue weighted by atomic mass is 32.1. The molecule has 0 aromatic carbocycles. The van der Waals surface area contributed by atoms with E-state index >= 15 is 0 Å². The molecule has 2 aromatic heterocycles. The standard InChI is InChI=1S/C10H15N3S/c1-7(11)3-4-9-8(2)12-10-13(9)5-6-14-10/h5-7H,3-4,11H2,1-2H3. The lowest BCUT2D eigenvalue weighted by Crippen LogP contribution is -2.16. The molecule has 76 valence electrons. The van der Waals surface area contributed by atoms with E-state index < -0.39 is 0 Å². The third-order valence-electron chi connectivity index (χ3n) is 2.40. The molecular formula is C10H15N3S. The van der Waals surface area contributed by atoms with E-state index in [4.69, 9.17) is 5.73 Å². The Morgan fingerprint density at radius 2 is 2.43 bits per heavy atom. The molecule has 14 heavy (non-hydrogen) atoms. The Bertz CT molecular complexity index is 427. The average Bonchev–Trinajstić information content (AvgIpc) is 2.61. The number of rotatable bonds is 3. The summed E-state index contributed by atoms with van der Waals surface area (Å²) in [5.74, 6) is 0. The lowest BCUT2D eigenvalue weighted by Gasteiger charge is -2.04. The molecule has 2 aromatic rings. The monoisotopic (exact) mass is 209 g/mol. The fraction of sp³-hybridized carbons (Fsp3) is 0.500. The molecule has 1 unspecified atom stereocenters. The van der Waals surface area contributed by atoms with Crippen LogP contribution >= 0.6 is 11.3 Å². The van der Waals surface area contributed by atoms with E-state index in [2.05, 4.69) is 27.9 Å². The third-order valence-corrected chi connectivity index (χ3v) is 3.15. The van der Waals surface area contributed by atoms with E-state index in [-0.39, 0.29) is 6.04 Å². The van der Waals surface area contributed by atoms with Crippen molar-refractivity contribution in [3.63, 3.8) is 0 Å². The van der Waals surface area contributed by atoms with Gasteiger partial charge in [0.15, 0.2) is 4.96 Å². The number of hydrogen-bond acceptors (Lipinski definition) is 3. The van der Waals surface area contributed by atoms with Gasteiger partial charge in [-0.3, -0.25) is 4.40 Å². The smallest absolute Gasteiger partial charge is 0.194 e. The second-order valence-corrected chi connectivity index (χ2v) is 4.59. The van der Waals surface area contributed by atoms with Crippen LogP contribution in [0.15, 0.2) is 11.6 Å². The number of aromatic nitrogens is 2. The summed E-state index contributed by atoms with van der Waals surface area (Å²) < 4.78 is 2.17. The van der Waals surface area contributed by atoms with Crippen LogP contribution in [0.4, 0.5) is 0 Å². The first-order chi connectivity index (χ1) is 6.68. The van der Waals surface area contributed by atoms with E-state index in [1.165, 1.54) is 5.69 Å². The van der Waals surface area contributed by atoms with Crippen LogP contribution in [0.1, 0.15) is 24.7 Å². The van der Waals surface area contributed by atoms with Crippen LogP contribution in [-0.4, -0.2) is 15.4 Å². The fourth-order valence-corrected chi connectivity index (χ4v) is 2.38. The average molecular weight is 209 g/mol. The van der Waals surface area contributed by atoms with Crippen LogP contribution < -0.4 is 5.73 Å². The summed E-state index contributed by atoms with van der Waals surface area (Å²) in [6.45, 7) is 4.11. The van der Waals surface area contributed by atoms with Crippen LogP contribution in [0, 0.1) is 6.92 Å². The Morgan fingerprint density at radius 3 is 3.14 bits per heavy atom. The topological polar surface area (TPSA) is 43.3 Å². The SMILES string of the molecule is Cc1nc2sccn2c1CCC(C)N. The van der Waals surface area contributed by atoms with Crippen LogP contribution in [0.25, 0.3) is 4.96 Å². The minimum atomic E-state index is 0.263. The minimum absolute atomic E-state index is 0.263. The summed E-state index contributed by atoms with van der Waals surface area (Å²) in [7, 11) is 0. The van der Waals surface area contributed by atoms with Gasteiger partial charge in [0.1, 0.15) is 0 Å². The third kappa shape index (κ3) is 1.67. The van der Waals surface area contributed by atoms with Crippen molar-refractivity contribution >= 4 is 16.3 Å². The summed E-state index contributed by atoms with van der Waals surface area (Å²) in [6.07, 6.45) is 4.11. The molecule has 3 nitrogen and oxygen atoms in total. The lowest BCUT2D eigenvalue weighted by atomic mass is 10.1. The zero-order valence-electron chi connectivity index (χ0n) is 8.53. The number of fused-ring (bicyclic) bond motifs is 1. The molecule has 0 amide bonds. The van der Waals surface area contributed by atoms with Crippen molar-refractivity contribution in [2.24, 2.45) is 5.73 Å². The molecule has 2 N–H and O–H groups in total. The molecule has 2 heterocycles. The minimum Gasteiger partial charge on any atom is -0.328 e. The van der Waals surface area contributed by atoms with Crippen molar-refractivity contribution in [2.45, 2.75) is 32.7 Å². The molecule has 0 aliphatic carbocycles. The van der Waals surface area contributed by atoms with Crippen molar-refractivity contribution in [3.05, 3.63) is 23.0 Å². The lowest BCUT2D eigenvalue weighted by molar-refractivity contribution is 0.654. The largest absolute Gasteiger partial charge is 0.328 e. The first-order valence-electron chi connectivity index (χ1n) is 4.85. The van der Waals surface area contributed by atoms with Gasteiger partial charge in [-0.1, -0.05) is 0 Å². The zero-order chi connectivity index (χ0) is 10.1. The Kier molecular flexibility index (Phi) is 2.56. The highest BCUT2D eigenvalue weighted by Crippen LogP contribution is 2.18. The van der Waals surface area contributed by atoms with E-state index in [1.54, 1.807) is 11.3 Å². The van der Waals surface area contributed by atoms with Crippen LogP contribution in [-0.2, 0) is 6.42 Å². The van der Waals surface area contributed by atoms with Gasteiger partial charge < -0.3 is 5.73 Å². The number of aryl methyl sites for hydroxylation is 2. The number of nitrogens with zero attached hydrogens (tertiary/aromatic N) is 2. The number of imidazole rings is 1. The molecule has 0 aliphatic rings. The second-order valence-electron chi connectivity index (χ2n) is 3.72. The first-order valence-corrected chi connectivity index (χ1v) is 5.73. The van der Waals surface area contributed by atoms with E-state index in [0.29, 0.717) is 0 Å². The Hall–Kier alpha value is -0.870. The summed E-state index contributed by atoms with van der Waals surface area (Å²) in [5.41, 5.74) is 8.19. The molecule has 0 radical (unpaired) electrons. The van der Waals surface area contributed by atoms with Crippen LogP contribution in [0.2, 0.25) is 0 Å². The molecule has 0 aliphatic heterocycles. The van der Waals surface area contributed by atoms with Crippen LogP contribution in [0.3, 0.4) is 0 Å². The number of thiazole rings is 1. The molecule has 0 spiro atoms. The van der Waals surface area contributed by atoms with Crippen molar-refractivity contribution in [1.29, 1.82) is 0 Å². The van der Waals surface area contributed by atoms with Gasteiger partial charge in [0.2, 0.25) is 0 Å². The summed E-state index contributed by atoms with van der Waals surface area (Å²) in [5, 5.41) is 2.07. The van der Waals surface area contributed by atoms with Crippen molar-refractivity contribution in [3.8, 4) is 0 Å². The fourth-order valence-electron chi connectivity index (χ4n) is 1.61. The van der Waals surface area contributed by atoms with Gasteiger partial charge in [-0.15, -0.1) is 11.3 Å². The summed E-state index contributed by atoms with van der Waals surface area (Å²) in [4.78, 5) is 5.58. The Labute approximate surface area is 87.6 Å². The van der Waals surface area contributed by atoms with Gasteiger partial charge in [0.05, 0.1) is 5.69 Å². The zero-order valence-corrected chi connectivity index (χ0v) is 9.34. The van der Waals surface area contributed by atoms with E-state index in [0.717, 1.165) is 23.5 Å². The molecule has 1 atom stereocenters. The molecule has 0 bridgehead atoms. The molecule has 0 saturated heterocycles. The number of hydrogen-bond donors (Lipinski definition) is 1.